The van der Waals surface area contributed by atoms with Crippen molar-refractivity contribution in [1.82, 2.24) is 0 Å². The molecule has 0 saturated heterocycles. The summed E-state index contributed by atoms with van der Waals surface area (Å²) in [7, 11) is 0. The highest BCUT2D eigenvalue weighted by Crippen LogP contribution is 2.35. The van der Waals surface area contributed by atoms with Crippen LogP contribution in [0, 0.1) is 0 Å². The number of benzene rings is 2. The van der Waals surface area contributed by atoms with Gasteiger partial charge < -0.3 is 14.9 Å². The molecule has 0 fully saturated rings. The van der Waals surface area contributed by atoms with Gasteiger partial charge in [0.25, 0.3) is 0 Å². The molecule has 0 aromatic heterocycles. The van der Waals surface area contributed by atoms with Crippen molar-refractivity contribution in [3.63, 3.8) is 0 Å². The second-order valence-electron chi connectivity index (χ2n) is 4.50. The lowest BCUT2D eigenvalue weighted by molar-refractivity contribution is 0.0698. The summed E-state index contributed by atoms with van der Waals surface area (Å²) in [5.41, 5.74) is 3.90. The number of hydrogen-bond donors (Lipinski definition) is 3. The van der Waals surface area contributed by atoms with E-state index in [2.05, 4.69) is 26.5 Å². The first-order chi connectivity index (χ1) is 11.0. The first-order valence-electron chi connectivity index (χ1n) is 6.79. The third kappa shape index (κ3) is 4.23. The fraction of sp³-hybridized carbons (Fsp3) is 0.125. The Hall–Kier alpha value is -2.54. The predicted octanol–water partition coefficient (Wildman–Crippen LogP) is 3.70. The molecule has 0 aliphatic heterocycles. The third-order valence-corrected chi connectivity index (χ3v) is 3.51. The number of anilines is 1. The standard InChI is InChI=1S/C16H15BrN2O4/c1-2-23-14-8-10(7-12(17)15(14)20)9-18-19-13-6-4-3-5-11(13)16(21)22/h3-9,19-20H,2H2,1H3,(H,21,22)/b18-9-. The van der Waals surface area contributed by atoms with Gasteiger partial charge in [-0.05, 0) is 52.7 Å². The topological polar surface area (TPSA) is 91.2 Å². The number of hydrogen-bond acceptors (Lipinski definition) is 5. The minimum absolute atomic E-state index is 0.0215. The van der Waals surface area contributed by atoms with Gasteiger partial charge in [0.05, 0.1) is 28.5 Å². The van der Waals surface area contributed by atoms with E-state index in [-0.39, 0.29) is 11.3 Å². The van der Waals surface area contributed by atoms with Crippen molar-refractivity contribution in [3.8, 4) is 11.5 Å². The summed E-state index contributed by atoms with van der Waals surface area (Å²) in [5.74, 6) is -0.670. The quantitative estimate of drug-likeness (QED) is 0.526. The summed E-state index contributed by atoms with van der Waals surface area (Å²) < 4.78 is 5.82. The third-order valence-electron chi connectivity index (χ3n) is 2.91. The lowest BCUT2D eigenvalue weighted by atomic mass is 10.2. The Morgan fingerprint density at radius 2 is 2.13 bits per heavy atom. The molecule has 7 heteroatoms. The fourth-order valence-corrected chi connectivity index (χ4v) is 2.34. The second kappa shape index (κ2) is 7.64. The van der Waals surface area contributed by atoms with E-state index in [0.717, 1.165) is 0 Å². The smallest absolute Gasteiger partial charge is 0.337 e. The van der Waals surface area contributed by atoms with Gasteiger partial charge >= 0.3 is 5.97 Å². The number of carboxylic acids is 1. The molecule has 0 heterocycles. The molecule has 2 aromatic rings. The Labute approximate surface area is 141 Å². The van der Waals surface area contributed by atoms with Gasteiger partial charge in [-0.1, -0.05) is 12.1 Å². The molecule has 0 amide bonds. The van der Waals surface area contributed by atoms with Crippen LogP contribution in [0.3, 0.4) is 0 Å². The van der Waals surface area contributed by atoms with E-state index in [0.29, 0.717) is 28.1 Å². The predicted molar refractivity (Wildman–Crippen MR) is 91.6 cm³/mol. The number of nitrogens with one attached hydrogen (secondary N) is 1. The van der Waals surface area contributed by atoms with Gasteiger partial charge in [-0.3, -0.25) is 5.43 Å². The first kappa shape index (κ1) is 16.8. The first-order valence-corrected chi connectivity index (χ1v) is 7.59. The van der Waals surface area contributed by atoms with Crippen molar-refractivity contribution in [1.29, 1.82) is 0 Å². The van der Waals surface area contributed by atoms with Crippen molar-refractivity contribution >= 4 is 33.8 Å². The second-order valence-corrected chi connectivity index (χ2v) is 5.36. The van der Waals surface area contributed by atoms with Gasteiger partial charge in [-0.2, -0.15) is 5.10 Å². The molecule has 120 valence electrons. The number of phenolic OH excluding ortho intramolecular Hbond substituents is 1. The SMILES string of the molecule is CCOc1cc(/C=N\Nc2ccccc2C(=O)O)cc(Br)c1O. The Morgan fingerprint density at radius 1 is 1.39 bits per heavy atom. The Bertz CT molecular complexity index is 747. The summed E-state index contributed by atoms with van der Waals surface area (Å²) in [4.78, 5) is 11.1. The number of nitrogens with zero attached hydrogens (tertiary/aromatic N) is 1. The molecule has 6 nitrogen and oxygen atoms in total. The zero-order valence-electron chi connectivity index (χ0n) is 12.3. The Morgan fingerprint density at radius 3 is 2.83 bits per heavy atom. The van der Waals surface area contributed by atoms with Crippen LogP contribution >= 0.6 is 15.9 Å². The average Bonchev–Trinajstić information content (AvgIpc) is 2.52. The minimum atomic E-state index is -1.03. The lowest BCUT2D eigenvalue weighted by Crippen LogP contribution is -2.02. The number of ether oxygens (including phenoxy) is 1. The summed E-state index contributed by atoms with van der Waals surface area (Å²) in [6.07, 6.45) is 1.51. The number of hydrazone groups is 1. The maximum absolute atomic E-state index is 11.1. The molecule has 0 unspecified atom stereocenters. The number of para-hydroxylation sites is 1. The van der Waals surface area contributed by atoms with Gasteiger partial charge in [0.1, 0.15) is 0 Å². The molecular weight excluding hydrogens is 364 g/mol. The molecule has 2 aromatic carbocycles. The van der Waals surface area contributed by atoms with E-state index in [1.165, 1.54) is 12.3 Å². The van der Waals surface area contributed by atoms with Crippen LogP contribution in [0.4, 0.5) is 5.69 Å². The van der Waals surface area contributed by atoms with Crippen LogP contribution in [0.1, 0.15) is 22.8 Å². The summed E-state index contributed by atoms with van der Waals surface area (Å²) >= 11 is 3.24. The normalized spacial score (nSPS) is 10.7. The molecule has 0 radical (unpaired) electrons. The number of carbonyl (C=O) groups is 1. The van der Waals surface area contributed by atoms with E-state index in [9.17, 15) is 9.90 Å². The molecule has 2 rings (SSSR count). The number of rotatable bonds is 6. The van der Waals surface area contributed by atoms with E-state index in [4.69, 9.17) is 9.84 Å². The van der Waals surface area contributed by atoms with Crippen LogP contribution in [0.2, 0.25) is 0 Å². The maximum atomic E-state index is 11.1. The van der Waals surface area contributed by atoms with Crippen molar-refractivity contribution in [2.75, 3.05) is 12.0 Å². The van der Waals surface area contributed by atoms with Crippen molar-refractivity contribution < 1.29 is 19.7 Å². The van der Waals surface area contributed by atoms with Crippen LogP contribution in [-0.2, 0) is 0 Å². The Balaban J connectivity index is 2.20. The van der Waals surface area contributed by atoms with E-state index in [1.807, 2.05) is 6.92 Å². The molecule has 0 aliphatic carbocycles. The number of aromatic carboxylic acids is 1. The molecule has 0 atom stereocenters. The summed E-state index contributed by atoms with van der Waals surface area (Å²) in [5, 5.41) is 23.0. The van der Waals surface area contributed by atoms with Crippen LogP contribution in [0.5, 0.6) is 11.5 Å². The molecule has 0 spiro atoms. The van der Waals surface area contributed by atoms with Crippen LogP contribution < -0.4 is 10.2 Å². The fourth-order valence-electron chi connectivity index (χ4n) is 1.88. The lowest BCUT2D eigenvalue weighted by Gasteiger charge is -2.08. The van der Waals surface area contributed by atoms with Gasteiger partial charge in [0.2, 0.25) is 0 Å². The zero-order chi connectivity index (χ0) is 16.8. The molecule has 0 aliphatic rings. The number of phenols is 1. The molecule has 0 saturated carbocycles. The van der Waals surface area contributed by atoms with Crippen LogP contribution in [-0.4, -0.2) is 29.0 Å². The molecule has 23 heavy (non-hydrogen) atoms. The molecule has 0 bridgehead atoms. The van der Waals surface area contributed by atoms with E-state index >= 15 is 0 Å². The van der Waals surface area contributed by atoms with Gasteiger partial charge in [0, 0.05) is 0 Å². The van der Waals surface area contributed by atoms with Gasteiger partial charge in [-0.25, -0.2) is 4.79 Å². The highest BCUT2D eigenvalue weighted by atomic mass is 79.9. The Kier molecular flexibility index (Phi) is 5.59. The number of halogens is 1. The zero-order valence-corrected chi connectivity index (χ0v) is 13.9. The van der Waals surface area contributed by atoms with Gasteiger partial charge in [0.15, 0.2) is 11.5 Å². The van der Waals surface area contributed by atoms with Crippen LogP contribution in [0.15, 0.2) is 46.0 Å². The van der Waals surface area contributed by atoms with E-state index < -0.39 is 5.97 Å². The summed E-state index contributed by atoms with van der Waals surface area (Å²) in [6.45, 7) is 2.24. The highest BCUT2D eigenvalue weighted by Gasteiger charge is 2.09. The van der Waals surface area contributed by atoms with Crippen molar-refractivity contribution in [2.24, 2.45) is 5.10 Å². The average molecular weight is 379 g/mol. The maximum Gasteiger partial charge on any atom is 0.337 e. The molecular formula is C16H15BrN2O4. The number of aromatic hydroxyl groups is 1. The monoisotopic (exact) mass is 378 g/mol. The van der Waals surface area contributed by atoms with Gasteiger partial charge in [-0.15, -0.1) is 0 Å². The minimum Gasteiger partial charge on any atom is -0.503 e. The summed E-state index contributed by atoms with van der Waals surface area (Å²) in [6, 6.07) is 9.78. The van der Waals surface area contributed by atoms with Crippen LogP contribution in [0.25, 0.3) is 0 Å². The van der Waals surface area contributed by atoms with Crippen molar-refractivity contribution in [2.45, 2.75) is 6.92 Å². The largest absolute Gasteiger partial charge is 0.503 e. The van der Waals surface area contributed by atoms with E-state index in [1.54, 1.807) is 30.3 Å². The number of carboxylic acid groups (broad SMARTS) is 1. The van der Waals surface area contributed by atoms with Crippen molar-refractivity contribution in [3.05, 3.63) is 52.0 Å². The molecule has 3 N–H and O–H groups in total. The highest BCUT2D eigenvalue weighted by molar-refractivity contribution is 9.10.